The SMILES string of the molecule is CCCCCc1c(O)c(O)c(C/C=C(\C)CCC=C(C)C)c(O)c1N=C(C)C. The highest BCUT2D eigenvalue weighted by atomic mass is 16.3. The maximum absolute atomic E-state index is 10.8. The highest BCUT2D eigenvalue weighted by molar-refractivity contribution is 5.85. The standard InChI is InChI=1S/C24H37NO3/c1-7-8-9-13-19-21(25-17(4)5)22(26)20(24(28)23(19)27)15-14-18(6)12-10-11-16(2)3/h11,14,26-28H,7-10,12-13,15H2,1-6H3/b18-14+. The Hall–Kier alpha value is -2.23. The maximum atomic E-state index is 10.8. The zero-order valence-electron chi connectivity index (χ0n) is 18.4. The number of rotatable bonds is 10. The number of allylic oxidation sites excluding steroid dienone is 4. The predicted octanol–water partition coefficient (Wildman–Crippen LogP) is 6.88. The van der Waals surface area contributed by atoms with Gasteiger partial charge in [-0.1, -0.05) is 43.1 Å². The molecule has 0 unspecified atom stereocenters. The molecule has 1 rings (SSSR count). The van der Waals surface area contributed by atoms with Gasteiger partial charge < -0.3 is 15.3 Å². The van der Waals surface area contributed by atoms with Crippen LogP contribution in [0.1, 0.15) is 84.8 Å². The van der Waals surface area contributed by atoms with Gasteiger partial charge in [0, 0.05) is 16.8 Å². The van der Waals surface area contributed by atoms with Crippen LogP contribution in [0.2, 0.25) is 0 Å². The van der Waals surface area contributed by atoms with E-state index in [1.807, 2.05) is 26.8 Å². The zero-order valence-corrected chi connectivity index (χ0v) is 18.4. The number of aliphatic imine (C=N–C) groups is 1. The Morgan fingerprint density at radius 2 is 1.50 bits per heavy atom. The van der Waals surface area contributed by atoms with E-state index in [4.69, 9.17) is 0 Å². The first-order chi connectivity index (χ1) is 13.2. The Balaban J connectivity index is 3.24. The average Bonchev–Trinajstić information content (AvgIpc) is 2.61. The van der Waals surface area contributed by atoms with Crippen molar-refractivity contribution in [3.05, 3.63) is 34.4 Å². The number of aromatic hydroxyl groups is 3. The molecule has 4 heteroatoms. The fourth-order valence-electron chi connectivity index (χ4n) is 3.09. The predicted molar refractivity (Wildman–Crippen MR) is 119 cm³/mol. The number of unbranched alkanes of at least 4 members (excludes halogenated alkanes) is 2. The molecule has 4 nitrogen and oxygen atoms in total. The quantitative estimate of drug-likeness (QED) is 0.135. The van der Waals surface area contributed by atoms with Crippen LogP contribution in [0.4, 0.5) is 5.69 Å². The number of nitrogens with zero attached hydrogens (tertiary/aromatic N) is 1. The number of hydrogen-bond donors (Lipinski definition) is 3. The Bertz CT molecular complexity index is 750. The molecule has 0 saturated heterocycles. The van der Waals surface area contributed by atoms with E-state index in [2.05, 4.69) is 31.8 Å². The van der Waals surface area contributed by atoms with Gasteiger partial charge in [0.15, 0.2) is 11.5 Å². The van der Waals surface area contributed by atoms with Gasteiger partial charge in [0.25, 0.3) is 0 Å². The molecule has 0 aliphatic carbocycles. The molecule has 0 aromatic heterocycles. The summed E-state index contributed by atoms with van der Waals surface area (Å²) < 4.78 is 0. The molecule has 28 heavy (non-hydrogen) atoms. The number of phenols is 3. The van der Waals surface area contributed by atoms with Crippen molar-refractivity contribution in [2.24, 2.45) is 4.99 Å². The van der Waals surface area contributed by atoms with E-state index in [0.717, 1.165) is 37.8 Å². The van der Waals surface area contributed by atoms with Crippen molar-refractivity contribution in [1.29, 1.82) is 0 Å². The summed E-state index contributed by atoms with van der Waals surface area (Å²) in [6.45, 7) is 12.0. The van der Waals surface area contributed by atoms with Crippen LogP contribution >= 0.6 is 0 Å². The third-order valence-electron chi connectivity index (χ3n) is 4.70. The molecule has 0 amide bonds. The van der Waals surface area contributed by atoms with Gasteiger partial charge in [0.2, 0.25) is 0 Å². The molecular formula is C24H37NO3. The molecule has 0 spiro atoms. The van der Waals surface area contributed by atoms with Crippen LogP contribution in [-0.4, -0.2) is 21.0 Å². The molecular weight excluding hydrogens is 350 g/mol. The van der Waals surface area contributed by atoms with Crippen LogP contribution in [0.5, 0.6) is 17.2 Å². The fourth-order valence-corrected chi connectivity index (χ4v) is 3.09. The summed E-state index contributed by atoms with van der Waals surface area (Å²) in [5.41, 5.74) is 4.51. The monoisotopic (exact) mass is 387 g/mol. The van der Waals surface area contributed by atoms with Crippen molar-refractivity contribution < 1.29 is 15.3 Å². The minimum Gasteiger partial charge on any atom is -0.505 e. The Kier molecular flexibility index (Phi) is 9.84. The number of hydrogen-bond acceptors (Lipinski definition) is 4. The molecule has 0 heterocycles. The second-order valence-corrected chi connectivity index (χ2v) is 7.94. The third-order valence-corrected chi connectivity index (χ3v) is 4.70. The van der Waals surface area contributed by atoms with Crippen LogP contribution in [0.3, 0.4) is 0 Å². The van der Waals surface area contributed by atoms with E-state index in [1.54, 1.807) is 0 Å². The molecule has 0 radical (unpaired) electrons. The minimum atomic E-state index is -0.231. The molecule has 0 aliphatic rings. The molecule has 0 aliphatic heterocycles. The minimum absolute atomic E-state index is 0.0312. The Morgan fingerprint density at radius 1 is 0.857 bits per heavy atom. The van der Waals surface area contributed by atoms with Gasteiger partial charge in [-0.25, -0.2) is 0 Å². The van der Waals surface area contributed by atoms with Crippen molar-refractivity contribution in [2.45, 2.75) is 86.5 Å². The van der Waals surface area contributed by atoms with Crippen molar-refractivity contribution in [3.8, 4) is 17.2 Å². The summed E-state index contributed by atoms with van der Waals surface area (Å²) in [6.07, 6.45) is 9.95. The van der Waals surface area contributed by atoms with Gasteiger partial charge in [0.1, 0.15) is 11.4 Å². The highest BCUT2D eigenvalue weighted by Crippen LogP contribution is 2.48. The van der Waals surface area contributed by atoms with Crippen LogP contribution in [0, 0.1) is 0 Å². The van der Waals surface area contributed by atoms with Gasteiger partial charge in [-0.2, -0.15) is 0 Å². The molecule has 156 valence electrons. The van der Waals surface area contributed by atoms with E-state index in [1.165, 1.54) is 11.1 Å². The molecule has 0 bridgehead atoms. The molecule has 3 N–H and O–H groups in total. The normalized spacial score (nSPS) is 11.4. The summed E-state index contributed by atoms with van der Waals surface area (Å²) in [4.78, 5) is 4.46. The fraction of sp³-hybridized carbons (Fsp3) is 0.542. The zero-order chi connectivity index (χ0) is 21.3. The van der Waals surface area contributed by atoms with Crippen LogP contribution in [-0.2, 0) is 12.8 Å². The van der Waals surface area contributed by atoms with Crippen molar-refractivity contribution >= 4 is 11.4 Å². The molecule has 0 atom stereocenters. The first-order valence-corrected chi connectivity index (χ1v) is 10.3. The van der Waals surface area contributed by atoms with Crippen molar-refractivity contribution in [3.63, 3.8) is 0 Å². The van der Waals surface area contributed by atoms with E-state index in [9.17, 15) is 15.3 Å². The maximum Gasteiger partial charge on any atom is 0.165 e. The summed E-state index contributed by atoms with van der Waals surface area (Å²) in [7, 11) is 0. The summed E-state index contributed by atoms with van der Waals surface area (Å²) >= 11 is 0. The lowest BCUT2D eigenvalue weighted by molar-refractivity contribution is 0.386. The van der Waals surface area contributed by atoms with E-state index in [-0.39, 0.29) is 17.2 Å². The van der Waals surface area contributed by atoms with Gasteiger partial charge >= 0.3 is 0 Å². The topological polar surface area (TPSA) is 73.0 Å². The van der Waals surface area contributed by atoms with Gasteiger partial charge in [-0.3, -0.25) is 4.99 Å². The Labute approximate surface area is 170 Å². The van der Waals surface area contributed by atoms with E-state index < -0.39 is 0 Å². The second kappa shape index (κ2) is 11.6. The molecule has 0 saturated carbocycles. The highest BCUT2D eigenvalue weighted by Gasteiger charge is 2.22. The van der Waals surface area contributed by atoms with Gasteiger partial charge in [-0.05, 0) is 66.7 Å². The third kappa shape index (κ3) is 7.06. The van der Waals surface area contributed by atoms with Crippen LogP contribution in [0.15, 0.2) is 28.3 Å². The summed E-state index contributed by atoms with van der Waals surface area (Å²) in [5.74, 6) is -0.416. The summed E-state index contributed by atoms with van der Waals surface area (Å²) in [6, 6.07) is 0. The lowest BCUT2D eigenvalue weighted by Crippen LogP contribution is -1.96. The van der Waals surface area contributed by atoms with Gasteiger partial charge in [0.05, 0.1) is 0 Å². The second-order valence-electron chi connectivity index (χ2n) is 7.94. The van der Waals surface area contributed by atoms with E-state index in [0.29, 0.717) is 29.7 Å². The molecule has 1 aromatic rings. The number of benzene rings is 1. The summed E-state index contributed by atoms with van der Waals surface area (Å²) in [5, 5.41) is 32.0. The van der Waals surface area contributed by atoms with Crippen LogP contribution < -0.4 is 0 Å². The first kappa shape index (κ1) is 23.8. The largest absolute Gasteiger partial charge is 0.505 e. The van der Waals surface area contributed by atoms with Crippen molar-refractivity contribution in [1.82, 2.24) is 0 Å². The van der Waals surface area contributed by atoms with Crippen LogP contribution in [0.25, 0.3) is 0 Å². The lowest BCUT2D eigenvalue weighted by atomic mass is 9.97. The lowest BCUT2D eigenvalue weighted by Gasteiger charge is -2.16. The van der Waals surface area contributed by atoms with Crippen molar-refractivity contribution in [2.75, 3.05) is 0 Å². The molecule has 0 fully saturated rings. The number of phenolic OH excluding ortho intramolecular Hbond substituents is 3. The smallest absolute Gasteiger partial charge is 0.165 e. The Morgan fingerprint density at radius 3 is 2.07 bits per heavy atom. The average molecular weight is 388 g/mol. The molecule has 1 aromatic carbocycles. The first-order valence-electron chi connectivity index (χ1n) is 10.3. The van der Waals surface area contributed by atoms with Gasteiger partial charge in [-0.15, -0.1) is 0 Å². The van der Waals surface area contributed by atoms with E-state index >= 15 is 0 Å².